The lowest BCUT2D eigenvalue weighted by Crippen LogP contribution is -2.55. The third-order valence-corrected chi connectivity index (χ3v) is 9.28. The molecule has 1 unspecified atom stereocenters. The van der Waals surface area contributed by atoms with E-state index in [-0.39, 0.29) is 17.9 Å². The minimum Gasteiger partial charge on any atom is -0.497 e. The van der Waals surface area contributed by atoms with Gasteiger partial charge in [0.05, 0.1) is 19.1 Å². The summed E-state index contributed by atoms with van der Waals surface area (Å²) in [7, 11) is 1.65. The van der Waals surface area contributed by atoms with Crippen LogP contribution in [0.15, 0.2) is 52.2 Å². The zero-order chi connectivity index (χ0) is 28.6. The molecule has 3 aromatic rings. The number of hydrogen-bond acceptors (Lipinski definition) is 7. The van der Waals surface area contributed by atoms with E-state index in [9.17, 15) is 9.59 Å². The minimum absolute atomic E-state index is 0.0759. The van der Waals surface area contributed by atoms with Crippen molar-refractivity contribution in [3.8, 4) is 23.0 Å². The number of unbranched alkanes of at least 4 members (excludes halogenated alkanes) is 1. The van der Waals surface area contributed by atoms with Crippen LogP contribution in [0, 0.1) is 5.92 Å². The van der Waals surface area contributed by atoms with Crippen LogP contribution in [0.3, 0.4) is 0 Å². The quantitative estimate of drug-likeness (QED) is 0.197. The standard InChI is InChI=1S/C31H41N5O4S/c1-23-22-34(18-19-35(23)29(38)17-12-24-8-3-4-9-24)28(37)11-5-6-21-41-31-33-32-30(27-10-7-20-40-27)36(31)25-13-15-26(39-2)16-14-25/h7,10,13-16,20,23-24H,3-6,8-9,11-12,17-19,21-22H2,1-2H3. The number of piperazine rings is 1. The maximum atomic E-state index is 12.9. The Morgan fingerprint density at radius 1 is 1.02 bits per heavy atom. The van der Waals surface area contributed by atoms with Crippen LogP contribution in [-0.2, 0) is 9.59 Å². The van der Waals surface area contributed by atoms with Gasteiger partial charge >= 0.3 is 0 Å². The van der Waals surface area contributed by atoms with Gasteiger partial charge in [0.25, 0.3) is 0 Å². The first kappa shape index (κ1) is 29.2. The zero-order valence-electron chi connectivity index (χ0n) is 24.2. The van der Waals surface area contributed by atoms with Gasteiger partial charge in [-0.25, -0.2) is 0 Å². The van der Waals surface area contributed by atoms with Crippen LogP contribution in [0.1, 0.15) is 64.7 Å². The summed E-state index contributed by atoms with van der Waals surface area (Å²) in [6.07, 6.45) is 10.7. The number of carbonyl (C=O) groups excluding carboxylic acids is 2. The Labute approximate surface area is 246 Å². The van der Waals surface area contributed by atoms with Crippen LogP contribution >= 0.6 is 11.8 Å². The highest BCUT2D eigenvalue weighted by Gasteiger charge is 2.30. The van der Waals surface area contributed by atoms with Gasteiger partial charge in [0, 0.05) is 44.3 Å². The second kappa shape index (κ2) is 14.1. The van der Waals surface area contributed by atoms with Crippen LogP contribution < -0.4 is 4.74 Å². The number of furan rings is 1. The first-order valence-corrected chi connectivity index (χ1v) is 15.9. The van der Waals surface area contributed by atoms with Gasteiger partial charge in [-0.1, -0.05) is 37.4 Å². The lowest BCUT2D eigenvalue weighted by Gasteiger charge is -2.40. The van der Waals surface area contributed by atoms with Gasteiger partial charge in [0.1, 0.15) is 5.75 Å². The molecule has 1 saturated heterocycles. The zero-order valence-corrected chi connectivity index (χ0v) is 25.0. The molecule has 0 bridgehead atoms. The number of thioether (sulfide) groups is 1. The monoisotopic (exact) mass is 579 g/mol. The number of benzene rings is 1. The Balaban J connectivity index is 1.08. The third-order valence-electron chi connectivity index (χ3n) is 8.26. The van der Waals surface area contributed by atoms with E-state index in [0.29, 0.717) is 44.1 Å². The Bertz CT molecular complexity index is 1270. The second-order valence-corrected chi connectivity index (χ2v) is 12.1. The number of aromatic nitrogens is 3. The number of carbonyl (C=O) groups is 2. The summed E-state index contributed by atoms with van der Waals surface area (Å²) in [6.45, 7) is 3.97. The molecule has 41 heavy (non-hydrogen) atoms. The Kier molecular flexibility index (Phi) is 10.0. The maximum absolute atomic E-state index is 12.9. The summed E-state index contributed by atoms with van der Waals surface area (Å²) >= 11 is 1.62. The lowest BCUT2D eigenvalue weighted by atomic mass is 10.0. The molecule has 2 amide bonds. The molecule has 1 saturated carbocycles. The van der Waals surface area contributed by atoms with E-state index < -0.39 is 0 Å². The number of ether oxygens (including phenoxy) is 1. The fraction of sp³-hybridized carbons (Fsp3) is 0.548. The molecule has 1 atom stereocenters. The van der Waals surface area contributed by atoms with Crippen LogP contribution in [0.25, 0.3) is 17.3 Å². The molecular weight excluding hydrogens is 538 g/mol. The van der Waals surface area contributed by atoms with Crippen LogP contribution in [0.4, 0.5) is 0 Å². The molecule has 2 aliphatic rings. The van der Waals surface area contributed by atoms with E-state index in [1.807, 2.05) is 50.8 Å². The third kappa shape index (κ3) is 7.33. The molecule has 1 aromatic carbocycles. The molecule has 0 N–H and O–H groups in total. The fourth-order valence-electron chi connectivity index (χ4n) is 5.92. The molecule has 0 radical (unpaired) electrons. The van der Waals surface area contributed by atoms with Gasteiger partial charge in [-0.15, -0.1) is 10.2 Å². The van der Waals surface area contributed by atoms with Crippen molar-refractivity contribution < 1.29 is 18.7 Å². The highest BCUT2D eigenvalue weighted by Crippen LogP contribution is 2.30. The Morgan fingerprint density at radius 3 is 2.54 bits per heavy atom. The predicted octanol–water partition coefficient (Wildman–Crippen LogP) is 5.83. The first-order valence-electron chi connectivity index (χ1n) is 14.9. The summed E-state index contributed by atoms with van der Waals surface area (Å²) in [5.41, 5.74) is 0.921. The molecule has 1 aliphatic carbocycles. The number of hydrogen-bond donors (Lipinski definition) is 0. The summed E-state index contributed by atoms with van der Waals surface area (Å²) in [5, 5.41) is 9.61. The van der Waals surface area contributed by atoms with Gasteiger partial charge in [-0.3, -0.25) is 14.2 Å². The highest BCUT2D eigenvalue weighted by atomic mass is 32.2. The fourth-order valence-corrected chi connectivity index (χ4v) is 6.87. The molecule has 3 heterocycles. The van der Waals surface area contributed by atoms with E-state index in [1.165, 1.54) is 25.7 Å². The van der Waals surface area contributed by atoms with Gasteiger partial charge in [-0.2, -0.15) is 0 Å². The Morgan fingerprint density at radius 2 is 1.83 bits per heavy atom. The summed E-state index contributed by atoms with van der Waals surface area (Å²) < 4.78 is 12.9. The van der Waals surface area contributed by atoms with E-state index in [2.05, 4.69) is 17.1 Å². The molecule has 10 heteroatoms. The van der Waals surface area contributed by atoms with Gasteiger partial charge in [0.15, 0.2) is 10.9 Å². The normalized spacial score (nSPS) is 17.8. The molecule has 2 fully saturated rings. The molecule has 9 nitrogen and oxygen atoms in total. The van der Waals surface area contributed by atoms with Crippen molar-refractivity contribution in [2.45, 2.75) is 75.9 Å². The minimum atomic E-state index is 0.0759. The summed E-state index contributed by atoms with van der Waals surface area (Å²) in [5.74, 6) is 4.06. The van der Waals surface area contributed by atoms with Crippen LogP contribution in [0.2, 0.25) is 0 Å². The average molecular weight is 580 g/mol. The van der Waals surface area contributed by atoms with E-state index in [4.69, 9.17) is 9.15 Å². The first-order chi connectivity index (χ1) is 20.0. The summed E-state index contributed by atoms with van der Waals surface area (Å²) in [4.78, 5) is 29.7. The van der Waals surface area contributed by atoms with Gasteiger partial charge < -0.3 is 19.0 Å². The number of methoxy groups -OCH3 is 1. The molecule has 220 valence electrons. The van der Waals surface area contributed by atoms with Crippen molar-refractivity contribution in [1.82, 2.24) is 24.6 Å². The van der Waals surface area contributed by atoms with Crippen molar-refractivity contribution in [3.05, 3.63) is 42.7 Å². The van der Waals surface area contributed by atoms with Gasteiger partial charge in [-0.05, 0) is 68.5 Å². The summed E-state index contributed by atoms with van der Waals surface area (Å²) in [6, 6.07) is 11.6. The van der Waals surface area contributed by atoms with Crippen molar-refractivity contribution in [2.24, 2.45) is 5.92 Å². The average Bonchev–Trinajstić information content (AvgIpc) is 3.78. The van der Waals surface area contributed by atoms with Crippen LogP contribution in [0.5, 0.6) is 5.75 Å². The number of amides is 2. The van der Waals surface area contributed by atoms with Crippen LogP contribution in [-0.4, -0.2) is 74.9 Å². The number of nitrogens with zero attached hydrogens (tertiary/aromatic N) is 5. The smallest absolute Gasteiger partial charge is 0.222 e. The molecular formula is C31H41N5O4S. The molecule has 2 aromatic heterocycles. The molecule has 5 rings (SSSR count). The van der Waals surface area contributed by atoms with Crippen molar-refractivity contribution in [3.63, 3.8) is 0 Å². The molecule has 1 aliphatic heterocycles. The van der Waals surface area contributed by atoms with E-state index in [0.717, 1.165) is 47.5 Å². The largest absolute Gasteiger partial charge is 0.497 e. The van der Waals surface area contributed by atoms with E-state index in [1.54, 1.807) is 25.1 Å². The lowest BCUT2D eigenvalue weighted by molar-refractivity contribution is -0.142. The predicted molar refractivity (Wildman–Crippen MR) is 159 cm³/mol. The Hall–Kier alpha value is -3.27. The van der Waals surface area contributed by atoms with Gasteiger partial charge in [0.2, 0.25) is 17.6 Å². The molecule has 0 spiro atoms. The number of rotatable bonds is 12. The maximum Gasteiger partial charge on any atom is 0.222 e. The highest BCUT2D eigenvalue weighted by molar-refractivity contribution is 7.99. The van der Waals surface area contributed by atoms with Crippen molar-refractivity contribution >= 4 is 23.6 Å². The second-order valence-electron chi connectivity index (χ2n) is 11.1. The van der Waals surface area contributed by atoms with Crippen molar-refractivity contribution in [1.29, 1.82) is 0 Å². The SMILES string of the molecule is COc1ccc(-n2c(SCCCCC(=O)N3CCN(C(=O)CCC4CCCC4)C(C)C3)nnc2-c2ccco2)cc1. The van der Waals surface area contributed by atoms with Crippen molar-refractivity contribution in [2.75, 3.05) is 32.5 Å². The van der Waals surface area contributed by atoms with E-state index >= 15 is 0 Å². The topological polar surface area (TPSA) is 93.7 Å².